The summed E-state index contributed by atoms with van der Waals surface area (Å²) in [5.41, 5.74) is 0. The molecule has 0 amide bonds. The van der Waals surface area contributed by atoms with E-state index in [-0.39, 0.29) is 17.3 Å². The molecule has 2 rings (SSSR count). The largest absolute Gasteiger partial charge is 0.461 e. The molecular formula is C9H5BrO3. The summed E-state index contributed by atoms with van der Waals surface area (Å²) in [5, 5.41) is 0. The van der Waals surface area contributed by atoms with E-state index in [4.69, 9.17) is 8.83 Å². The van der Waals surface area contributed by atoms with Crippen LogP contribution < -0.4 is 0 Å². The van der Waals surface area contributed by atoms with Crippen LogP contribution in [0.1, 0.15) is 16.3 Å². The number of carbonyl (C=O) groups excluding carboxylic acids is 1. The van der Waals surface area contributed by atoms with Crippen molar-refractivity contribution in [2.45, 2.75) is 0 Å². The maximum Gasteiger partial charge on any atom is 0.264 e. The van der Waals surface area contributed by atoms with Crippen molar-refractivity contribution in [1.29, 1.82) is 0 Å². The summed E-state index contributed by atoms with van der Waals surface area (Å²) in [6, 6.07) is 4.91. The summed E-state index contributed by atoms with van der Waals surface area (Å²) in [6.45, 7) is 0. The molecule has 13 heavy (non-hydrogen) atoms. The van der Waals surface area contributed by atoms with E-state index < -0.39 is 0 Å². The fourth-order valence-corrected chi connectivity index (χ4v) is 1.36. The van der Waals surface area contributed by atoms with Gasteiger partial charge in [-0.05, 0) is 34.1 Å². The van der Waals surface area contributed by atoms with Crippen molar-refractivity contribution < 1.29 is 13.6 Å². The number of furan rings is 2. The minimum Gasteiger partial charge on any atom is -0.461 e. The van der Waals surface area contributed by atoms with Gasteiger partial charge < -0.3 is 8.83 Å². The normalized spacial score (nSPS) is 10.2. The Morgan fingerprint density at radius 2 is 2.08 bits per heavy atom. The predicted octanol–water partition coefficient (Wildman–Crippen LogP) is 2.87. The van der Waals surface area contributed by atoms with Crippen molar-refractivity contribution in [3.05, 3.63) is 46.7 Å². The third kappa shape index (κ3) is 1.45. The lowest BCUT2D eigenvalue weighted by Gasteiger charge is -1.91. The van der Waals surface area contributed by atoms with Gasteiger partial charge in [-0.15, -0.1) is 0 Å². The Bertz CT molecular complexity index is 414. The van der Waals surface area contributed by atoms with E-state index in [2.05, 4.69) is 15.9 Å². The van der Waals surface area contributed by atoms with Gasteiger partial charge in [0.2, 0.25) is 0 Å². The van der Waals surface area contributed by atoms with Gasteiger partial charge in [-0.2, -0.15) is 0 Å². The lowest BCUT2D eigenvalue weighted by molar-refractivity contribution is 0.0982. The van der Waals surface area contributed by atoms with Crippen molar-refractivity contribution in [1.82, 2.24) is 0 Å². The molecule has 2 aromatic heterocycles. The molecule has 0 spiro atoms. The van der Waals surface area contributed by atoms with Crippen molar-refractivity contribution in [2.75, 3.05) is 0 Å². The fourth-order valence-electron chi connectivity index (χ4n) is 0.975. The summed E-state index contributed by atoms with van der Waals surface area (Å²) in [7, 11) is 0. The second-order valence-corrected chi connectivity index (χ2v) is 3.26. The number of rotatable bonds is 2. The molecule has 0 aliphatic rings. The molecule has 2 aromatic rings. The molecule has 2 heterocycles. The zero-order valence-corrected chi connectivity index (χ0v) is 8.08. The van der Waals surface area contributed by atoms with Crippen LogP contribution in [-0.4, -0.2) is 5.78 Å². The van der Waals surface area contributed by atoms with Gasteiger partial charge in [0.25, 0.3) is 5.78 Å². The van der Waals surface area contributed by atoms with Crippen molar-refractivity contribution in [2.24, 2.45) is 0 Å². The molecular weight excluding hydrogens is 236 g/mol. The van der Waals surface area contributed by atoms with Crippen LogP contribution in [0.3, 0.4) is 0 Å². The summed E-state index contributed by atoms with van der Waals surface area (Å²) < 4.78 is 10.6. The minimum atomic E-state index is -0.262. The van der Waals surface area contributed by atoms with Gasteiger partial charge in [0, 0.05) is 0 Å². The SMILES string of the molecule is O=C(c1ccco1)c1occc1Br. The Balaban J connectivity index is 2.39. The molecule has 0 radical (unpaired) electrons. The number of ketones is 1. The summed E-state index contributed by atoms with van der Waals surface area (Å²) in [4.78, 5) is 11.6. The monoisotopic (exact) mass is 240 g/mol. The highest BCUT2D eigenvalue weighted by atomic mass is 79.9. The molecule has 0 aliphatic carbocycles. The van der Waals surface area contributed by atoms with Crippen LogP contribution in [0, 0.1) is 0 Å². The Morgan fingerprint density at radius 1 is 1.23 bits per heavy atom. The lowest BCUT2D eigenvalue weighted by atomic mass is 10.2. The predicted molar refractivity (Wildman–Crippen MR) is 48.5 cm³/mol. The Labute approximate surface area is 82.5 Å². The second-order valence-electron chi connectivity index (χ2n) is 2.40. The van der Waals surface area contributed by atoms with E-state index in [9.17, 15) is 4.79 Å². The molecule has 0 fully saturated rings. The van der Waals surface area contributed by atoms with Crippen LogP contribution in [-0.2, 0) is 0 Å². The van der Waals surface area contributed by atoms with Crippen LogP contribution in [0.15, 0.2) is 44.0 Å². The Morgan fingerprint density at radius 3 is 2.62 bits per heavy atom. The average molecular weight is 241 g/mol. The van der Waals surface area contributed by atoms with Crippen LogP contribution >= 0.6 is 15.9 Å². The second kappa shape index (κ2) is 3.22. The molecule has 0 saturated carbocycles. The molecule has 0 saturated heterocycles. The first-order chi connectivity index (χ1) is 6.29. The van der Waals surface area contributed by atoms with Gasteiger partial charge in [-0.3, -0.25) is 4.79 Å². The molecule has 0 bridgehead atoms. The molecule has 0 atom stereocenters. The topological polar surface area (TPSA) is 43.4 Å². The van der Waals surface area contributed by atoms with Crippen LogP contribution in [0.4, 0.5) is 0 Å². The lowest BCUT2D eigenvalue weighted by Crippen LogP contribution is -1.97. The van der Waals surface area contributed by atoms with Gasteiger partial charge >= 0.3 is 0 Å². The first kappa shape index (κ1) is 8.31. The summed E-state index contributed by atoms with van der Waals surface area (Å²) >= 11 is 3.20. The minimum absolute atomic E-state index is 0.259. The molecule has 66 valence electrons. The standard InChI is InChI=1S/C9H5BrO3/c10-6-3-5-13-9(6)8(11)7-2-1-4-12-7/h1-5H. The summed E-state index contributed by atoms with van der Waals surface area (Å²) in [6.07, 6.45) is 2.89. The van der Waals surface area contributed by atoms with Gasteiger partial charge in [0.15, 0.2) is 11.5 Å². The zero-order chi connectivity index (χ0) is 9.26. The fraction of sp³-hybridized carbons (Fsp3) is 0. The molecule has 0 aromatic carbocycles. The van der Waals surface area contributed by atoms with E-state index in [0.717, 1.165) is 0 Å². The van der Waals surface area contributed by atoms with E-state index in [1.165, 1.54) is 12.5 Å². The molecule has 0 aliphatic heterocycles. The number of carbonyl (C=O) groups is 1. The van der Waals surface area contributed by atoms with Crippen molar-refractivity contribution in [3.63, 3.8) is 0 Å². The van der Waals surface area contributed by atoms with E-state index >= 15 is 0 Å². The zero-order valence-electron chi connectivity index (χ0n) is 6.49. The Kier molecular flexibility index (Phi) is 2.06. The van der Waals surface area contributed by atoms with E-state index in [1.54, 1.807) is 18.2 Å². The third-order valence-electron chi connectivity index (χ3n) is 1.57. The molecule has 3 nitrogen and oxygen atoms in total. The van der Waals surface area contributed by atoms with E-state index in [1.807, 2.05) is 0 Å². The number of hydrogen-bond donors (Lipinski definition) is 0. The van der Waals surface area contributed by atoms with Crippen molar-refractivity contribution in [3.8, 4) is 0 Å². The quantitative estimate of drug-likeness (QED) is 0.759. The number of hydrogen-bond acceptors (Lipinski definition) is 3. The van der Waals surface area contributed by atoms with Gasteiger partial charge in [-0.25, -0.2) is 0 Å². The number of halogens is 1. The summed E-state index contributed by atoms with van der Waals surface area (Å²) in [5.74, 6) is 0.271. The molecule has 0 unspecified atom stereocenters. The Hall–Kier alpha value is -1.29. The van der Waals surface area contributed by atoms with Gasteiger partial charge in [0.05, 0.1) is 17.0 Å². The van der Waals surface area contributed by atoms with Gasteiger partial charge in [0.1, 0.15) is 0 Å². The van der Waals surface area contributed by atoms with E-state index in [0.29, 0.717) is 4.47 Å². The molecule has 4 heteroatoms. The maximum atomic E-state index is 11.6. The highest BCUT2D eigenvalue weighted by molar-refractivity contribution is 9.10. The highest BCUT2D eigenvalue weighted by Gasteiger charge is 2.17. The maximum absolute atomic E-state index is 11.6. The first-order valence-corrected chi connectivity index (χ1v) is 4.39. The van der Waals surface area contributed by atoms with Gasteiger partial charge in [-0.1, -0.05) is 0 Å². The van der Waals surface area contributed by atoms with Crippen LogP contribution in [0.25, 0.3) is 0 Å². The highest BCUT2D eigenvalue weighted by Crippen LogP contribution is 2.20. The van der Waals surface area contributed by atoms with Crippen LogP contribution in [0.2, 0.25) is 0 Å². The van der Waals surface area contributed by atoms with Crippen molar-refractivity contribution >= 4 is 21.7 Å². The smallest absolute Gasteiger partial charge is 0.264 e. The first-order valence-electron chi connectivity index (χ1n) is 3.60. The average Bonchev–Trinajstić information content (AvgIpc) is 2.72. The van der Waals surface area contributed by atoms with Crippen LogP contribution in [0.5, 0.6) is 0 Å². The molecule has 0 N–H and O–H groups in total. The third-order valence-corrected chi connectivity index (χ3v) is 2.19.